The fourth-order valence-corrected chi connectivity index (χ4v) is 2.67. The van der Waals surface area contributed by atoms with Crippen molar-refractivity contribution in [3.8, 4) is 22.6 Å². The molecule has 0 spiro atoms. The molecule has 0 saturated heterocycles. The molecule has 1 nitrogen and oxygen atoms in total. The average Bonchev–Trinajstić information content (AvgIpc) is 2.69. The van der Waals surface area contributed by atoms with Gasteiger partial charge < -0.3 is 4.74 Å². The van der Waals surface area contributed by atoms with Crippen LogP contribution in [-0.2, 0) is 0 Å². The first-order valence-corrected chi connectivity index (χ1v) is 8.24. The monoisotopic (exact) mass is 422 g/mol. The summed E-state index contributed by atoms with van der Waals surface area (Å²) in [5.41, 5.74) is 2.72. The maximum atomic E-state index is 13.9. The van der Waals surface area contributed by atoms with Crippen molar-refractivity contribution >= 4 is 22.0 Å². The second-order valence-electron chi connectivity index (χ2n) is 5.35. The second kappa shape index (κ2) is 7.33. The van der Waals surface area contributed by atoms with Crippen LogP contribution in [0.3, 0.4) is 0 Å². The topological polar surface area (TPSA) is 9.23 Å². The van der Waals surface area contributed by atoms with Crippen LogP contribution in [0.2, 0.25) is 0 Å². The zero-order valence-corrected chi connectivity index (χ0v) is 14.8. The summed E-state index contributed by atoms with van der Waals surface area (Å²) >= 11 is 2.45. The molecule has 0 saturated carbocycles. The zero-order chi connectivity index (χ0) is 18.8. The molecule has 0 amide bonds. The summed E-state index contributed by atoms with van der Waals surface area (Å²) in [6.45, 7) is 3.68. The highest BCUT2D eigenvalue weighted by Crippen LogP contribution is 2.36. The number of rotatable bonds is 4. The number of benzene rings is 3. The first-order chi connectivity index (χ1) is 12.4. The molecule has 3 aromatic carbocycles. The molecule has 0 atom stereocenters. The van der Waals surface area contributed by atoms with E-state index in [-0.39, 0.29) is 5.75 Å². The van der Waals surface area contributed by atoms with Gasteiger partial charge >= 0.3 is 0 Å². The van der Waals surface area contributed by atoms with E-state index in [1.54, 1.807) is 18.2 Å². The molecule has 132 valence electrons. The molecule has 3 rings (SSSR count). The van der Waals surface area contributed by atoms with Crippen molar-refractivity contribution in [1.29, 1.82) is 0 Å². The van der Waals surface area contributed by atoms with Crippen molar-refractivity contribution in [2.75, 3.05) is 0 Å². The van der Waals surface area contributed by atoms with Crippen molar-refractivity contribution in [2.45, 2.75) is 0 Å². The Morgan fingerprint density at radius 3 is 1.65 bits per heavy atom. The average molecular weight is 423 g/mol. The van der Waals surface area contributed by atoms with E-state index in [1.165, 1.54) is 12.1 Å². The highest BCUT2D eigenvalue weighted by molar-refractivity contribution is 9.10. The van der Waals surface area contributed by atoms with Gasteiger partial charge in [0, 0.05) is 0 Å². The van der Waals surface area contributed by atoms with Crippen LogP contribution in [0.5, 0.6) is 11.5 Å². The van der Waals surface area contributed by atoms with Crippen molar-refractivity contribution in [3.05, 3.63) is 88.4 Å². The fourth-order valence-electron chi connectivity index (χ4n) is 2.32. The Bertz CT molecular complexity index is 938. The lowest BCUT2D eigenvalue weighted by atomic mass is 10.0. The van der Waals surface area contributed by atoms with E-state index >= 15 is 0 Å². The molecule has 6 heteroatoms. The Kier molecular flexibility index (Phi) is 5.13. The number of ether oxygens (including phenoxy) is 1. The van der Waals surface area contributed by atoms with E-state index in [2.05, 4.69) is 22.5 Å². The first kappa shape index (κ1) is 18.2. The van der Waals surface area contributed by atoms with Gasteiger partial charge in [-0.25, -0.2) is 8.78 Å². The quantitative estimate of drug-likeness (QED) is 0.247. The summed E-state index contributed by atoms with van der Waals surface area (Å²) < 4.78 is 59.0. The Labute approximate surface area is 155 Å². The largest absolute Gasteiger partial charge is 0.451 e. The molecule has 0 unspecified atom stereocenters. The summed E-state index contributed by atoms with van der Waals surface area (Å²) in [6, 6.07) is 13.8. The van der Waals surface area contributed by atoms with E-state index in [4.69, 9.17) is 4.74 Å². The summed E-state index contributed by atoms with van der Waals surface area (Å²) in [6.07, 6.45) is 1.72. The van der Waals surface area contributed by atoms with Crippen LogP contribution in [0.25, 0.3) is 17.2 Å². The summed E-state index contributed by atoms with van der Waals surface area (Å²) in [4.78, 5) is 0. The second-order valence-corrected chi connectivity index (χ2v) is 6.14. The Balaban J connectivity index is 1.89. The lowest BCUT2D eigenvalue weighted by molar-refractivity contribution is 0.363. The molecule has 3 aromatic rings. The molecule has 0 aliphatic carbocycles. The standard InChI is InChI=1S/C20H11BrF4O/c1-2-11-3-5-12(6-4-11)13-7-9-14(10-8-13)26-20-18(24)16(22)15(21)17(23)19(20)25/h2-10H,1H2. The molecule has 0 aliphatic rings. The van der Waals surface area contributed by atoms with Gasteiger partial charge in [-0.3, -0.25) is 0 Å². The van der Waals surface area contributed by atoms with Crippen LogP contribution < -0.4 is 4.74 Å². The minimum atomic E-state index is -1.61. The molecule has 0 aliphatic heterocycles. The third-order valence-corrected chi connectivity index (χ3v) is 4.42. The smallest absolute Gasteiger partial charge is 0.205 e. The normalized spacial score (nSPS) is 10.7. The predicted molar refractivity (Wildman–Crippen MR) is 96.0 cm³/mol. The molecular weight excluding hydrogens is 412 g/mol. The van der Waals surface area contributed by atoms with Gasteiger partial charge in [-0.15, -0.1) is 0 Å². The number of hydrogen-bond acceptors (Lipinski definition) is 1. The van der Waals surface area contributed by atoms with Crippen molar-refractivity contribution in [3.63, 3.8) is 0 Å². The van der Waals surface area contributed by atoms with Gasteiger partial charge in [0.05, 0.1) is 4.47 Å². The highest BCUT2D eigenvalue weighted by atomic mass is 79.9. The summed E-state index contributed by atoms with van der Waals surface area (Å²) in [5, 5.41) is 0. The molecule has 0 aromatic heterocycles. The van der Waals surface area contributed by atoms with E-state index in [0.29, 0.717) is 0 Å². The number of hydrogen-bond donors (Lipinski definition) is 0. The van der Waals surface area contributed by atoms with E-state index in [0.717, 1.165) is 16.7 Å². The van der Waals surface area contributed by atoms with Crippen LogP contribution in [-0.4, -0.2) is 0 Å². The van der Waals surface area contributed by atoms with E-state index in [1.807, 2.05) is 24.3 Å². The summed E-state index contributed by atoms with van der Waals surface area (Å²) in [7, 11) is 0. The number of halogens is 5. The van der Waals surface area contributed by atoms with Crippen molar-refractivity contribution in [1.82, 2.24) is 0 Å². The Hall–Kier alpha value is -2.60. The predicted octanol–water partition coefficient (Wildman–Crippen LogP) is 7.11. The first-order valence-electron chi connectivity index (χ1n) is 7.44. The lowest BCUT2D eigenvalue weighted by Crippen LogP contribution is -2.01. The molecule has 0 N–H and O–H groups in total. The molecule has 0 heterocycles. The maximum absolute atomic E-state index is 13.9. The van der Waals surface area contributed by atoms with Gasteiger partial charge in [0.1, 0.15) is 5.75 Å². The third-order valence-electron chi connectivity index (χ3n) is 3.72. The molecular formula is C20H11BrF4O. The van der Waals surface area contributed by atoms with Crippen molar-refractivity contribution < 1.29 is 22.3 Å². The van der Waals surface area contributed by atoms with Crippen LogP contribution in [0, 0.1) is 23.3 Å². The molecule has 0 bridgehead atoms. The summed E-state index contributed by atoms with van der Waals surface area (Å²) in [5.74, 6) is -7.43. The van der Waals surface area contributed by atoms with E-state index in [9.17, 15) is 17.6 Å². The van der Waals surface area contributed by atoms with Crippen LogP contribution in [0.15, 0.2) is 59.6 Å². The molecule has 0 radical (unpaired) electrons. The Morgan fingerprint density at radius 1 is 0.731 bits per heavy atom. The van der Waals surface area contributed by atoms with Crippen LogP contribution in [0.4, 0.5) is 17.6 Å². The van der Waals surface area contributed by atoms with Crippen molar-refractivity contribution in [2.24, 2.45) is 0 Å². The zero-order valence-electron chi connectivity index (χ0n) is 13.2. The van der Waals surface area contributed by atoms with Crippen LogP contribution in [0.1, 0.15) is 5.56 Å². The van der Waals surface area contributed by atoms with Gasteiger partial charge in [-0.2, -0.15) is 8.78 Å². The van der Waals surface area contributed by atoms with Gasteiger partial charge in [0.2, 0.25) is 17.4 Å². The minimum Gasteiger partial charge on any atom is -0.451 e. The fraction of sp³-hybridized carbons (Fsp3) is 0. The molecule has 0 fully saturated rings. The van der Waals surface area contributed by atoms with E-state index < -0.39 is 33.5 Å². The van der Waals surface area contributed by atoms with Gasteiger partial charge in [-0.05, 0) is 44.8 Å². The van der Waals surface area contributed by atoms with Crippen LogP contribution >= 0.6 is 15.9 Å². The third kappa shape index (κ3) is 3.37. The van der Waals surface area contributed by atoms with Gasteiger partial charge in [-0.1, -0.05) is 49.1 Å². The SMILES string of the molecule is C=Cc1ccc(-c2ccc(Oc3c(F)c(F)c(Br)c(F)c3F)cc2)cc1. The molecule has 26 heavy (non-hydrogen) atoms. The van der Waals surface area contributed by atoms with Gasteiger partial charge in [0.25, 0.3) is 0 Å². The maximum Gasteiger partial charge on any atom is 0.205 e. The lowest BCUT2D eigenvalue weighted by Gasteiger charge is -2.11. The minimum absolute atomic E-state index is 0.0374. The van der Waals surface area contributed by atoms with Gasteiger partial charge in [0.15, 0.2) is 11.6 Å². The highest BCUT2D eigenvalue weighted by Gasteiger charge is 2.25. The Morgan fingerprint density at radius 2 is 1.19 bits per heavy atom.